The molecule has 2 N–H and O–H groups in total. The molecule has 5 nitrogen and oxygen atoms in total. The summed E-state index contributed by atoms with van der Waals surface area (Å²) in [5.74, 6) is -1.03. The van der Waals surface area contributed by atoms with E-state index in [1.54, 1.807) is 18.2 Å². The predicted octanol–water partition coefficient (Wildman–Crippen LogP) is 0.555. The Kier molecular flexibility index (Phi) is 5.59. The van der Waals surface area contributed by atoms with Gasteiger partial charge in [-0.2, -0.15) is 0 Å². The second-order valence-corrected chi connectivity index (χ2v) is 3.40. The topological polar surface area (TPSA) is 83.8 Å². The van der Waals surface area contributed by atoms with E-state index < -0.39 is 13.8 Å². The maximum atomic E-state index is 10.9. The van der Waals surface area contributed by atoms with Gasteiger partial charge in [0, 0.05) is 29.6 Å². The number of carbonyl (C=O) groups excluding carboxylic acids is 1. The number of carbonyl (C=O) groups is 1. The van der Waals surface area contributed by atoms with Crippen LogP contribution in [0.5, 0.6) is 0 Å². The zero-order valence-electron chi connectivity index (χ0n) is 7.45. The van der Waals surface area contributed by atoms with Crippen molar-refractivity contribution in [3.05, 3.63) is 35.9 Å². The van der Waals surface area contributed by atoms with Gasteiger partial charge in [-0.1, -0.05) is 18.2 Å². The summed E-state index contributed by atoms with van der Waals surface area (Å²) >= 11 is 0. The van der Waals surface area contributed by atoms with Gasteiger partial charge in [-0.25, -0.2) is 9.36 Å². The standard InChI is InChI=1S/C7H7O5P.Na/c8-7(12-13(9,10)11)6-4-2-1-3-5-6;/h1-5H,(H2,9,10,11);. The summed E-state index contributed by atoms with van der Waals surface area (Å²) in [5, 5.41) is 0. The molecule has 0 aromatic heterocycles. The van der Waals surface area contributed by atoms with Crippen LogP contribution in [0.25, 0.3) is 0 Å². The Morgan fingerprint density at radius 3 is 2.14 bits per heavy atom. The van der Waals surface area contributed by atoms with Gasteiger partial charge in [-0.15, -0.1) is 0 Å². The van der Waals surface area contributed by atoms with E-state index in [0.29, 0.717) is 0 Å². The van der Waals surface area contributed by atoms with Crippen LogP contribution in [0.2, 0.25) is 0 Å². The monoisotopic (exact) mass is 225 g/mol. The SMILES string of the molecule is O=C(OP(=O)(O)O)c1ccccc1.[Na]. The van der Waals surface area contributed by atoms with Gasteiger partial charge in [0.2, 0.25) is 0 Å². The summed E-state index contributed by atoms with van der Waals surface area (Å²) in [6.45, 7) is 0. The van der Waals surface area contributed by atoms with Crippen molar-refractivity contribution in [1.29, 1.82) is 0 Å². The molecule has 0 amide bonds. The van der Waals surface area contributed by atoms with Gasteiger partial charge < -0.3 is 4.52 Å². The first-order valence-electron chi connectivity index (χ1n) is 3.33. The van der Waals surface area contributed by atoms with Crippen LogP contribution < -0.4 is 0 Å². The van der Waals surface area contributed by atoms with Crippen LogP contribution in [0.15, 0.2) is 30.3 Å². The third kappa shape index (κ3) is 4.91. The molecule has 0 aliphatic carbocycles. The van der Waals surface area contributed by atoms with Crippen LogP contribution in [-0.4, -0.2) is 45.3 Å². The quantitative estimate of drug-likeness (QED) is 0.567. The van der Waals surface area contributed by atoms with Crippen LogP contribution in [0.4, 0.5) is 0 Å². The maximum Gasteiger partial charge on any atom is 0.527 e. The summed E-state index contributed by atoms with van der Waals surface area (Å²) in [5.41, 5.74) is 0.103. The fourth-order valence-corrected chi connectivity index (χ4v) is 1.06. The molecule has 0 atom stereocenters. The molecule has 0 saturated carbocycles. The average Bonchev–Trinajstić information content (AvgIpc) is 2.03. The molecule has 1 radical (unpaired) electrons. The molecule has 14 heavy (non-hydrogen) atoms. The summed E-state index contributed by atoms with van der Waals surface area (Å²) in [7, 11) is -4.74. The van der Waals surface area contributed by atoms with Gasteiger partial charge in [0.15, 0.2) is 0 Å². The molecule has 1 aromatic carbocycles. The number of phosphoric ester groups is 1. The summed E-state index contributed by atoms with van der Waals surface area (Å²) in [6.07, 6.45) is 0. The first kappa shape index (κ1) is 13.8. The van der Waals surface area contributed by atoms with Gasteiger partial charge in [0.05, 0.1) is 5.56 Å². The molecular weight excluding hydrogens is 218 g/mol. The largest absolute Gasteiger partial charge is 0.527 e. The maximum absolute atomic E-state index is 10.9. The van der Waals surface area contributed by atoms with Crippen molar-refractivity contribution in [2.75, 3.05) is 0 Å². The normalized spacial score (nSPS) is 10.1. The van der Waals surface area contributed by atoms with Crippen LogP contribution in [0.3, 0.4) is 0 Å². The first-order chi connectivity index (χ1) is 5.99. The molecule has 0 fully saturated rings. The molecule has 0 aliphatic rings. The minimum Gasteiger partial charge on any atom is -0.367 e. The van der Waals surface area contributed by atoms with Gasteiger partial charge in [-0.05, 0) is 12.1 Å². The van der Waals surface area contributed by atoms with Crippen molar-refractivity contribution < 1.29 is 23.7 Å². The van der Waals surface area contributed by atoms with Crippen LogP contribution in [0.1, 0.15) is 10.4 Å². The van der Waals surface area contributed by atoms with Crippen molar-refractivity contribution in [3.8, 4) is 0 Å². The second kappa shape index (κ2) is 5.66. The summed E-state index contributed by atoms with van der Waals surface area (Å²) < 4.78 is 14.1. The molecular formula is C7H7NaO5P. The number of phosphoric acid groups is 1. The van der Waals surface area contributed by atoms with Crippen molar-refractivity contribution in [1.82, 2.24) is 0 Å². The Morgan fingerprint density at radius 2 is 1.71 bits per heavy atom. The number of benzene rings is 1. The molecule has 0 heterocycles. The van der Waals surface area contributed by atoms with E-state index in [9.17, 15) is 9.36 Å². The Labute approximate surface area is 103 Å². The van der Waals surface area contributed by atoms with Crippen molar-refractivity contribution in [3.63, 3.8) is 0 Å². The number of rotatable bonds is 2. The molecule has 1 aromatic rings. The van der Waals surface area contributed by atoms with Gasteiger partial charge >= 0.3 is 13.8 Å². The van der Waals surface area contributed by atoms with Gasteiger partial charge in [0.25, 0.3) is 0 Å². The fraction of sp³-hybridized carbons (Fsp3) is 0. The van der Waals surface area contributed by atoms with Gasteiger partial charge in [0.1, 0.15) is 0 Å². The van der Waals surface area contributed by atoms with E-state index in [2.05, 4.69) is 4.52 Å². The van der Waals surface area contributed by atoms with Crippen molar-refractivity contribution in [2.24, 2.45) is 0 Å². The zero-order chi connectivity index (χ0) is 9.90. The minimum atomic E-state index is -4.74. The van der Waals surface area contributed by atoms with E-state index in [-0.39, 0.29) is 35.1 Å². The third-order valence-electron chi connectivity index (χ3n) is 1.21. The summed E-state index contributed by atoms with van der Waals surface area (Å²) in [4.78, 5) is 27.6. The smallest absolute Gasteiger partial charge is 0.367 e. The first-order valence-corrected chi connectivity index (χ1v) is 4.86. The minimum absolute atomic E-state index is 0. The predicted molar refractivity (Wildman–Crippen MR) is 49.7 cm³/mol. The Morgan fingerprint density at radius 1 is 1.21 bits per heavy atom. The van der Waals surface area contributed by atoms with E-state index in [1.165, 1.54) is 12.1 Å². The Balaban J connectivity index is 0.00000169. The second-order valence-electron chi connectivity index (χ2n) is 2.24. The molecule has 0 spiro atoms. The van der Waals surface area contributed by atoms with Gasteiger partial charge in [-0.3, -0.25) is 9.79 Å². The van der Waals surface area contributed by atoms with E-state index >= 15 is 0 Å². The fourth-order valence-electron chi connectivity index (χ4n) is 0.735. The number of hydrogen-bond acceptors (Lipinski definition) is 3. The molecule has 0 unspecified atom stereocenters. The Hall–Kier alpha value is -0.160. The van der Waals surface area contributed by atoms with E-state index in [4.69, 9.17) is 9.79 Å². The molecule has 0 saturated heterocycles. The van der Waals surface area contributed by atoms with Crippen LogP contribution >= 0.6 is 7.82 Å². The third-order valence-corrected chi connectivity index (χ3v) is 1.61. The molecule has 1 rings (SSSR count). The van der Waals surface area contributed by atoms with Crippen molar-refractivity contribution in [2.45, 2.75) is 0 Å². The summed E-state index contributed by atoms with van der Waals surface area (Å²) in [6, 6.07) is 7.61. The van der Waals surface area contributed by atoms with Crippen LogP contribution in [0, 0.1) is 0 Å². The molecule has 0 bridgehead atoms. The van der Waals surface area contributed by atoms with Crippen LogP contribution in [-0.2, 0) is 9.09 Å². The average molecular weight is 225 g/mol. The Bertz CT molecular complexity index is 346. The number of hydrogen-bond donors (Lipinski definition) is 2. The molecule has 0 aliphatic heterocycles. The zero-order valence-corrected chi connectivity index (χ0v) is 10.3. The molecule has 7 heteroatoms. The van der Waals surface area contributed by atoms with Crippen molar-refractivity contribution >= 4 is 43.3 Å². The molecule has 71 valence electrons. The van der Waals surface area contributed by atoms with E-state index in [1.807, 2.05) is 0 Å². The van der Waals surface area contributed by atoms with E-state index in [0.717, 1.165) is 0 Å².